The number of anilines is 1. The zero-order chi connectivity index (χ0) is 25.4. The number of nitrogens with two attached hydrogens (primary N) is 1. The number of amides is 1. The summed E-state index contributed by atoms with van der Waals surface area (Å²) in [6, 6.07) is 13.0. The maximum absolute atomic E-state index is 14.4. The summed E-state index contributed by atoms with van der Waals surface area (Å²) in [4.78, 5) is 23.9. The summed E-state index contributed by atoms with van der Waals surface area (Å²) >= 11 is 0. The van der Waals surface area contributed by atoms with Gasteiger partial charge in [-0.2, -0.15) is 0 Å². The number of aliphatic hydroxyl groups is 1. The van der Waals surface area contributed by atoms with Gasteiger partial charge in [-0.25, -0.2) is 9.37 Å². The van der Waals surface area contributed by atoms with E-state index in [9.17, 15) is 9.18 Å². The third kappa shape index (κ3) is 7.07. The van der Waals surface area contributed by atoms with Gasteiger partial charge in [0.1, 0.15) is 11.6 Å². The first-order valence-corrected chi connectivity index (χ1v) is 11.8. The van der Waals surface area contributed by atoms with Crippen molar-refractivity contribution in [3.05, 3.63) is 66.2 Å². The smallest absolute Gasteiger partial charge is 0.225 e. The quantitative estimate of drug-likeness (QED) is 0.596. The summed E-state index contributed by atoms with van der Waals surface area (Å²) in [5.41, 5.74) is 9.35. The number of nitrogens with zero attached hydrogens (tertiary/aromatic N) is 4. The molecule has 3 aromatic rings. The standard InChI is InChI=1S/C17H14FN3.C9H16N2O.CH4O/c1-11-4-2-3-5-13(11)12-6-7-14(15(18)8-12)16-9-21-17(19)10-20-16;1-10-4-6-11(7-5-10)9(12)8-2-3-8;1-2/h2-10H,1H3,(H2,19,21);8H,2-7H2,1H3;2H,1H3. The van der Waals surface area contributed by atoms with Gasteiger partial charge in [0.15, 0.2) is 0 Å². The van der Waals surface area contributed by atoms with Crippen LogP contribution in [0.5, 0.6) is 0 Å². The van der Waals surface area contributed by atoms with Crippen LogP contribution in [0.1, 0.15) is 18.4 Å². The zero-order valence-electron chi connectivity index (χ0n) is 20.6. The third-order valence-electron chi connectivity index (χ3n) is 6.11. The lowest BCUT2D eigenvalue weighted by Crippen LogP contribution is -2.47. The van der Waals surface area contributed by atoms with Crippen molar-refractivity contribution in [3.63, 3.8) is 0 Å². The second-order valence-electron chi connectivity index (χ2n) is 8.74. The Kier molecular flexibility index (Phi) is 9.28. The molecule has 35 heavy (non-hydrogen) atoms. The van der Waals surface area contributed by atoms with E-state index in [4.69, 9.17) is 10.8 Å². The number of carbonyl (C=O) groups is 1. The maximum atomic E-state index is 14.4. The Labute approximate surface area is 206 Å². The Hall–Kier alpha value is -3.36. The second kappa shape index (κ2) is 12.4. The van der Waals surface area contributed by atoms with Crippen LogP contribution in [0.4, 0.5) is 10.2 Å². The van der Waals surface area contributed by atoms with Crippen molar-refractivity contribution in [1.29, 1.82) is 0 Å². The number of benzene rings is 2. The largest absolute Gasteiger partial charge is 0.400 e. The van der Waals surface area contributed by atoms with Crippen molar-refractivity contribution >= 4 is 11.7 Å². The molecule has 0 spiro atoms. The van der Waals surface area contributed by atoms with Crippen molar-refractivity contribution < 1.29 is 14.3 Å². The summed E-state index contributed by atoms with van der Waals surface area (Å²) < 4.78 is 14.4. The van der Waals surface area contributed by atoms with Crippen LogP contribution in [0.15, 0.2) is 54.9 Å². The van der Waals surface area contributed by atoms with Crippen molar-refractivity contribution in [2.24, 2.45) is 5.92 Å². The van der Waals surface area contributed by atoms with E-state index in [0.29, 0.717) is 28.9 Å². The molecule has 0 atom stereocenters. The SMILES string of the molecule is CN1CCN(C(=O)C2CC2)CC1.CO.Cc1ccccc1-c1ccc(-c2cnc(N)cn2)c(F)c1. The molecule has 186 valence electrons. The molecule has 1 saturated heterocycles. The first-order valence-electron chi connectivity index (χ1n) is 11.8. The molecule has 1 aromatic heterocycles. The normalized spacial score (nSPS) is 15.4. The summed E-state index contributed by atoms with van der Waals surface area (Å²) in [7, 11) is 3.11. The van der Waals surface area contributed by atoms with Crippen molar-refractivity contribution in [3.8, 4) is 22.4 Å². The summed E-state index contributed by atoms with van der Waals surface area (Å²) in [5, 5.41) is 7.00. The van der Waals surface area contributed by atoms with Crippen LogP contribution in [-0.4, -0.2) is 71.1 Å². The number of aliphatic hydroxyl groups excluding tert-OH is 1. The molecular formula is C27H34FN5O2. The molecular weight excluding hydrogens is 445 g/mol. The molecule has 0 radical (unpaired) electrons. The number of halogens is 1. The number of rotatable bonds is 3. The van der Waals surface area contributed by atoms with Gasteiger partial charge in [-0.15, -0.1) is 0 Å². The third-order valence-corrected chi connectivity index (χ3v) is 6.11. The molecule has 2 aromatic carbocycles. The van der Waals surface area contributed by atoms with Crippen LogP contribution >= 0.6 is 0 Å². The Bertz CT molecular complexity index is 1110. The van der Waals surface area contributed by atoms with Gasteiger partial charge >= 0.3 is 0 Å². The van der Waals surface area contributed by atoms with Gasteiger partial charge in [0, 0.05) is 44.8 Å². The molecule has 7 nitrogen and oxygen atoms in total. The number of hydrogen-bond donors (Lipinski definition) is 2. The van der Waals surface area contributed by atoms with Gasteiger partial charge in [0.05, 0.1) is 18.1 Å². The predicted molar refractivity (Wildman–Crippen MR) is 137 cm³/mol. The monoisotopic (exact) mass is 479 g/mol. The lowest BCUT2D eigenvalue weighted by atomic mass is 9.98. The molecule has 1 aliphatic carbocycles. The number of aryl methyl sites for hydroxylation is 1. The Morgan fingerprint density at radius 2 is 1.69 bits per heavy atom. The fourth-order valence-corrected chi connectivity index (χ4v) is 3.88. The Balaban J connectivity index is 0.000000207. The first kappa shape index (κ1) is 26.2. The highest BCUT2D eigenvalue weighted by Crippen LogP contribution is 2.31. The average Bonchev–Trinajstić information content (AvgIpc) is 3.72. The van der Waals surface area contributed by atoms with E-state index in [-0.39, 0.29) is 5.82 Å². The lowest BCUT2D eigenvalue weighted by molar-refractivity contribution is -0.134. The molecule has 1 amide bonds. The molecule has 0 bridgehead atoms. The highest BCUT2D eigenvalue weighted by atomic mass is 19.1. The molecule has 1 aliphatic heterocycles. The number of likely N-dealkylation sites (N-methyl/N-ethyl adjacent to an activating group) is 1. The van der Waals surface area contributed by atoms with Crippen molar-refractivity contribution in [2.75, 3.05) is 46.1 Å². The number of aromatic nitrogens is 2. The summed E-state index contributed by atoms with van der Waals surface area (Å²) in [6.07, 6.45) is 5.15. The fraction of sp³-hybridized carbons (Fsp3) is 0.370. The van der Waals surface area contributed by atoms with Crippen LogP contribution in [0.3, 0.4) is 0 Å². The van der Waals surface area contributed by atoms with Crippen LogP contribution in [0.25, 0.3) is 22.4 Å². The van der Waals surface area contributed by atoms with Crippen molar-refractivity contribution in [1.82, 2.24) is 19.8 Å². The van der Waals surface area contributed by atoms with Gasteiger partial charge < -0.3 is 20.6 Å². The summed E-state index contributed by atoms with van der Waals surface area (Å²) in [6.45, 7) is 5.96. The van der Waals surface area contributed by atoms with Crippen LogP contribution in [0, 0.1) is 18.7 Å². The van der Waals surface area contributed by atoms with Gasteiger partial charge in [0.25, 0.3) is 0 Å². The van der Waals surface area contributed by atoms with Gasteiger partial charge in [0.2, 0.25) is 5.91 Å². The van der Waals surface area contributed by atoms with Crippen LogP contribution in [0.2, 0.25) is 0 Å². The zero-order valence-corrected chi connectivity index (χ0v) is 20.6. The topological polar surface area (TPSA) is 95.6 Å². The number of piperazine rings is 1. The lowest BCUT2D eigenvalue weighted by Gasteiger charge is -2.32. The molecule has 2 aliphatic rings. The van der Waals surface area contributed by atoms with E-state index in [1.165, 1.54) is 18.5 Å². The van der Waals surface area contributed by atoms with E-state index in [1.54, 1.807) is 6.07 Å². The predicted octanol–water partition coefficient (Wildman–Crippen LogP) is 3.62. The van der Waals surface area contributed by atoms with E-state index in [2.05, 4.69) is 21.9 Å². The highest BCUT2D eigenvalue weighted by molar-refractivity contribution is 5.81. The van der Waals surface area contributed by atoms with Gasteiger partial charge in [-0.3, -0.25) is 9.78 Å². The van der Waals surface area contributed by atoms with Gasteiger partial charge in [-0.1, -0.05) is 30.3 Å². The number of hydrogen-bond acceptors (Lipinski definition) is 6. The minimum atomic E-state index is -0.324. The maximum Gasteiger partial charge on any atom is 0.225 e. The minimum absolute atomic E-state index is 0.315. The molecule has 8 heteroatoms. The van der Waals surface area contributed by atoms with E-state index in [0.717, 1.165) is 62.8 Å². The van der Waals surface area contributed by atoms with Crippen molar-refractivity contribution in [2.45, 2.75) is 19.8 Å². The number of nitrogen functional groups attached to an aromatic ring is 1. The summed E-state index contributed by atoms with van der Waals surface area (Å²) in [5.74, 6) is 0.794. The molecule has 2 fully saturated rings. The molecule has 5 rings (SSSR count). The van der Waals surface area contributed by atoms with Crippen LogP contribution in [-0.2, 0) is 4.79 Å². The van der Waals surface area contributed by atoms with E-state index < -0.39 is 0 Å². The Morgan fingerprint density at radius 3 is 2.26 bits per heavy atom. The van der Waals surface area contributed by atoms with E-state index in [1.807, 2.05) is 42.2 Å². The first-order chi connectivity index (χ1) is 16.9. The minimum Gasteiger partial charge on any atom is -0.400 e. The fourth-order valence-electron chi connectivity index (χ4n) is 3.88. The molecule has 1 saturated carbocycles. The molecule has 2 heterocycles. The molecule has 3 N–H and O–H groups in total. The Morgan fingerprint density at radius 1 is 1.00 bits per heavy atom. The average molecular weight is 480 g/mol. The highest BCUT2D eigenvalue weighted by Gasteiger charge is 2.34. The van der Waals surface area contributed by atoms with E-state index >= 15 is 0 Å². The van der Waals surface area contributed by atoms with Crippen LogP contribution < -0.4 is 5.73 Å². The second-order valence-corrected chi connectivity index (χ2v) is 8.74. The number of carbonyl (C=O) groups excluding carboxylic acids is 1. The van der Waals surface area contributed by atoms with Gasteiger partial charge in [-0.05, 0) is 55.6 Å². The molecule has 0 unspecified atom stereocenters.